The number of nitrogens with one attached hydrogen (secondary N) is 1. The van der Waals surface area contributed by atoms with Crippen molar-refractivity contribution < 1.29 is 14.6 Å². The topological polar surface area (TPSA) is 70.9 Å². The number of nitrogens with zero attached hydrogens (tertiary/aromatic N) is 1. The van der Waals surface area contributed by atoms with Crippen molar-refractivity contribution >= 4 is 34.5 Å². The number of para-hydroxylation sites is 1. The molecule has 126 valence electrons. The molecule has 0 aliphatic rings. The van der Waals surface area contributed by atoms with Crippen molar-refractivity contribution in [1.82, 2.24) is 5.43 Å². The highest BCUT2D eigenvalue weighted by Gasteiger charge is 2.06. The average Bonchev–Trinajstić information content (AvgIpc) is 2.63. The third kappa shape index (κ3) is 4.08. The Hall–Kier alpha value is -3.05. The number of fused-ring (bicyclic) bond motifs is 1. The van der Waals surface area contributed by atoms with Crippen LogP contribution < -0.4 is 10.2 Å². The number of aromatic hydroxyl groups is 1. The summed E-state index contributed by atoms with van der Waals surface area (Å²) in [5.41, 5.74) is 2.90. The van der Waals surface area contributed by atoms with E-state index in [1.807, 2.05) is 30.3 Å². The molecule has 0 heterocycles. The highest BCUT2D eigenvalue weighted by molar-refractivity contribution is 6.32. The Balaban J connectivity index is 1.64. The fraction of sp³-hybridized carbons (Fsp3) is 0.0526. The van der Waals surface area contributed by atoms with Crippen LogP contribution in [0.5, 0.6) is 11.5 Å². The van der Waals surface area contributed by atoms with Gasteiger partial charge in [0, 0.05) is 5.56 Å². The Morgan fingerprint density at radius 1 is 1.12 bits per heavy atom. The second kappa shape index (κ2) is 7.68. The number of carbonyl (C=O) groups is 1. The summed E-state index contributed by atoms with van der Waals surface area (Å²) in [7, 11) is 0. The maximum atomic E-state index is 11.8. The van der Waals surface area contributed by atoms with Crippen molar-refractivity contribution in [3.05, 3.63) is 71.2 Å². The standard InChI is InChI=1S/C19H15ClN2O3/c20-16-7-3-4-8-18(16)25-12-19(24)22-21-11-15-14-6-2-1-5-13(14)9-10-17(15)23/h1-11,23H,12H2,(H,22,24). The van der Waals surface area contributed by atoms with Crippen LogP contribution in [0.1, 0.15) is 5.56 Å². The van der Waals surface area contributed by atoms with Crippen LogP contribution in [0, 0.1) is 0 Å². The molecule has 0 saturated carbocycles. The lowest BCUT2D eigenvalue weighted by atomic mass is 10.0. The number of benzene rings is 3. The molecule has 25 heavy (non-hydrogen) atoms. The lowest BCUT2D eigenvalue weighted by Crippen LogP contribution is -2.24. The molecule has 0 unspecified atom stereocenters. The van der Waals surface area contributed by atoms with Gasteiger partial charge in [-0.05, 0) is 29.0 Å². The van der Waals surface area contributed by atoms with Gasteiger partial charge in [-0.3, -0.25) is 4.79 Å². The van der Waals surface area contributed by atoms with Crippen LogP contribution in [0.4, 0.5) is 0 Å². The van der Waals surface area contributed by atoms with E-state index >= 15 is 0 Å². The first-order valence-corrected chi connectivity index (χ1v) is 7.93. The number of amides is 1. The Morgan fingerprint density at radius 3 is 2.72 bits per heavy atom. The lowest BCUT2D eigenvalue weighted by Gasteiger charge is -2.07. The number of rotatable bonds is 5. The van der Waals surface area contributed by atoms with Gasteiger partial charge >= 0.3 is 0 Å². The highest BCUT2D eigenvalue weighted by Crippen LogP contribution is 2.25. The van der Waals surface area contributed by atoms with Gasteiger partial charge in [-0.15, -0.1) is 0 Å². The Morgan fingerprint density at radius 2 is 1.88 bits per heavy atom. The fourth-order valence-corrected chi connectivity index (χ4v) is 2.52. The molecule has 0 aromatic heterocycles. The van der Waals surface area contributed by atoms with Crippen molar-refractivity contribution in [1.29, 1.82) is 0 Å². The van der Waals surface area contributed by atoms with E-state index in [2.05, 4.69) is 10.5 Å². The second-order valence-electron chi connectivity index (χ2n) is 5.23. The molecule has 0 fully saturated rings. The molecule has 3 rings (SSSR count). The first-order valence-electron chi connectivity index (χ1n) is 7.55. The number of carbonyl (C=O) groups excluding carboxylic acids is 1. The van der Waals surface area contributed by atoms with E-state index in [-0.39, 0.29) is 12.4 Å². The van der Waals surface area contributed by atoms with E-state index < -0.39 is 5.91 Å². The van der Waals surface area contributed by atoms with E-state index in [4.69, 9.17) is 16.3 Å². The number of hydrazone groups is 1. The summed E-state index contributed by atoms with van der Waals surface area (Å²) in [6.07, 6.45) is 1.41. The Labute approximate surface area is 149 Å². The molecule has 0 spiro atoms. The number of phenols is 1. The molecular formula is C19H15ClN2O3. The summed E-state index contributed by atoms with van der Waals surface area (Å²) in [6.45, 7) is -0.220. The molecular weight excluding hydrogens is 340 g/mol. The van der Waals surface area contributed by atoms with Gasteiger partial charge in [0.2, 0.25) is 0 Å². The number of ether oxygens (including phenoxy) is 1. The smallest absolute Gasteiger partial charge is 0.277 e. The molecule has 0 aliphatic heterocycles. The minimum absolute atomic E-state index is 0.0871. The van der Waals surface area contributed by atoms with Gasteiger partial charge < -0.3 is 9.84 Å². The molecule has 0 saturated heterocycles. The maximum Gasteiger partial charge on any atom is 0.277 e. The molecule has 3 aromatic carbocycles. The Bertz CT molecular complexity index is 941. The first-order chi connectivity index (χ1) is 12.1. The van der Waals surface area contributed by atoms with E-state index in [0.29, 0.717) is 16.3 Å². The van der Waals surface area contributed by atoms with Gasteiger partial charge in [0.1, 0.15) is 11.5 Å². The summed E-state index contributed by atoms with van der Waals surface area (Å²) < 4.78 is 5.33. The minimum Gasteiger partial charge on any atom is -0.507 e. The molecule has 1 amide bonds. The van der Waals surface area contributed by atoms with E-state index in [1.165, 1.54) is 6.21 Å². The predicted molar refractivity (Wildman–Crippen MR) is 98.3 cm³/mol. The van der Waals surface area contributed by atoms with Gasteiger partial charge in [0.25, 0.3) is 5.91 Å². The summed E-state index contributed by atoms with van der Waals surface area (Å²) in [5, 5.41) is 16.1. The molecule has 0 aliphatic carbocycles. The quantitative estimate of drug-likeness (QED) is 0.541. The first kappa shape index (κ1) is 16.8. The lowest BCUT2D eigenvalue weighted by molar-refractivity contribution is -0.123. The van der Waals surface area contributed by atoms with Crippen molar-refractivity contribution in [2.24, 2.45) is 5.10 Å². The van der Waals surface area contributed by atoms with Gasteiger partial charge in [-0.2, -0.15) is 5.10 Å². The molecule has 6 heteroatoms. The third-order valence-corrected chi connectivity index (χ3v) is 3.84. The zero-order valence-corrected chi connectivity index (χ0v) is 13.9. The van der Waals surface area contributed by atoms with Crippen LogP contribution in [0.15, 0.2) is 65.8 Å². The summed E-state index contributed by atoms with van der Waals surface area (Å²) in [5.74, 6) is 0.0786. The van der Waals surface area contributed by atoms with Crippen molar-refractivity contribution in [3.8, 4) is 11.5 Å². The maximum absolute atomic E-state index is 11.8. The third-order valence-electron chi connectivity index (χ3n) is 3.53. The molecule has 2 N–H and O–H groups in total. The number of phenolic OH excluding ortho intramolecular Hbond substituents is 1. The minimum atomic E-state index is -0.434. The SMILES string of the molecule is O=C(COc1ccccc1Cl)NN=Cc1c(O)ccc2ccccc12. The largest absolute Gasteiger partial charge is 0.507 e. The number of hydrogen-bond donors (Lipinski definition) is 2. The van der Waals surface area contributed by atoms with E-state index in [9.17, 15) is 9.90 Å². The van der Waals surface area contributed by atoms with Crippen LogP contribution in [0.3, 0.4) is 0 Å². The molecule has 5 nitrogen and oxygen atoms in total. The second-order valence-corrected chi connectivity index (χ2v) is 5.64. The van der Waals surface area contributed by atoms with Crippen LogP contribution in [-0.4, -0.2) is 23.8 Å². The molecule has 0 bridgehead atoms. The number of halogens is 1. The van der Waals surface area contributed by atoms with Gasteiger partial charge in [0.15, 0.2) is 6.61 Å². The summed E-state index contributed by atoms with van der Waals surface area (Å²) >= 11 is 5.95. The Kier molecular flexibility index (Phi) is 5.16. The van der Waals surface area contributed by atoms with Crippen LogP contribution in [0.25, 0.3) is 10.8 Å². The molecule has 0 atom stereocenters. The van der Waals surface area contributed by atoms with Gasteiger partial charge in [-0.25, -0.2) is 5.43 Å². The van der Waals surface area contributed by atoms with Gasteiger partial charge in [-0.1, -0.05) is 54.1 Å². The molecule has 3 aromatic rings. The van der Waals surface area contributed by atoms with E-state index in [0.717, 1.165) is 10.8 Å². The highest BCUT2D eigenvalue weighted by atomic mass is 35.5. The summed E-state index contributed by atoms with van der Waals surface area (Å²) in [6, 6.07) is 17.9. The molecule has 0 radical (unpaired) electrons. The predicted octanol–water partition coefficient (Wildman–Crippen LogP) is 3.73. The van der Waals surface area contributed by atoms with Crippen LogP contribution in [-0.2, 0) is 4.79 Å². The van der Waals surface area contributed by atoms with Crippen LogP contribution >= 0.6 is 11.6 Å². The zero-order valence-electron chi connectivity index (χ0n) is 13.1. The van der Waals surface area contributed by atoms with Crippen molar-refractivity contribution in [3.63, 3.8) is 0 Å². The fourth-order valence-electron chi connectivity index (χ4n) is 2.33. The van der Waals surface area contributed by atoms with Crippen molar-refractivity contribution in [2.75, 3.05) is 6.61 Å². The van der Waals surface area contributed by atoms with Crippen LogP contribution in [0.2, 0.25) is 5.02 Å². The normalized spacial score (nSPS) is 10.9. The zero-order chi connectivity index (χ0) is 17.6. The number of hydrogen-bond acceptors (Lipinski definition) is 4. The summed E-state index contributed by atoms with van der Waals surface area (Å²) in [4.78, 5) is 11.8. The average molecular weight is 355 g/mol. The van der Waals surface area contributed by atoms with Crippen molar-refractivity contribution in [2.45, 2.75) is 0 Å². The van der Waals surface area contributed by atoms with E-state index in [1.54, 1.807) is 30.3 Å². The van der Waals surface area contributed by atoms with Gasteiger partial charge in [0.05, 0.1) is 11.2 Å². The monoisotopic (exact) mass is 354 g/mol.